The van der Waals surface area contributed by atoms with Crippen LogP contribution in [0.4, 0.5) is 11.4 Å². The number of fused-ring (bicyclic) bond motifs is 1. The standard InChI is InChI=1S/C25H28N4O2.ClH/c1-17-15-21(26)20-16-19(12-13-22(20)27-17)28-25(31)23-10-6-14-29(23)24(30)11-5-9-18-7-3-2-4-8-18;/h2-4,7-8,12-13,15-16,23H,5-6,9-11,14H2,1H3,(H2,26,27)(H,28,31);1H/t23-;/m0./s1. The summed E-state index contributed by atoms with van der Waals surface area (Å²) in [6, 6.07) is 17.1. The van der Waals surface area contributed by atoms with E-state index in [0.29, 0.717) is 30.8 Å². The molecule has 1 aliphatic heterocycles. The Kier molecular flexibility index (Phi) is 7.70. The Morgan fingerprint density at radius 3 is 2.72 bits per heavy atom. The van der Waals surface area contributed by atoms with E-state index in [4.69, 9.17) is 5.73 Å². The number of likely N-dealkylation sites (tertiary alicyclic amines) is 1. The quantitative estimate of drug-likeness (QED) is 0.576. The number of amides is 2. The maximum Gasteiger partial charge on any atom is 0.247 e. The van der Waals surface area contributed by atoms with E-state index >= 15 is 0 Å². The smallest absolute Gasteiger partial charge is 0.247 e. The van der Waals surface area contributed by atoms with Crippen molar-refractivity contribution in [2.75, 3.05) is 17.6 Å². The fourth-order valence-electron chi connectivity index (χ4n) is 4.26. The van der Waals surface area contributed by atoms with Crippen molar-refractivity contribution in [3.05, 3.63) is 65.9 Å². The monoisotopic (exact) mass is 452 g/mol. The normalized spacial score (nSPS) is 15.4. The van der Waals surface area contributed by atoms with E-state index in [1.165, 1.54) is 5.56 Å². The van der Waals surface area contributed by atoms with Gasteiger partial charge in [0.15, 0.2) is 0 Å². The van der Waals surface area contributed by atoms with Gasteiger partial charge in [-0.3, -0.25) is 14.6 Å². The maximum absolute atomic E-state index is 12.9. The third-order valence-electron chi connectivity index (χ3n) is 5.81. The van der Waals surface area contributed by atoms with Crippen molar-refractivity contribution in [3.8, 4) is 0 Å². The highest BCUT2D eigenvalue weighted by atomic mass is 35.5. The fraction of sp³-hybridized carbons (Fsp3) is 0.320. The number of pyridine rings is 1. The molecule has 4 rings (SSSR count). The molecule has 0 spiro atoms. The average Bonchev–Trinajstić information content (AvgIpc) is 3.25. The van der Waals surface area contributed by atoms with Crippen molar-refractivity contribution < 1.29 is 9.59 Å². The summed E-state index contributed by atoms with van der Waals surface area (Å²) in [5.74, 6) is -0.0945. The number of nitrogens with one attached hydrogen (secondary N) is 1. The predicted octanol–water partition coefficient (Wildman–Crippen LogP) is 4.50. The number of aryl methyl sites for hydroxylation is 2. The first-order valence-corrected chi connectivity index (χ1v) is 10.8. The molecule has 0 radical (unpaired) electrons. The van der Waals surface area contributed by atoms with Crippen molar-refractivity contribution in [2.24, 2.45) is 0 Å². The van der Waals surface area contributed by atoms with Gasteiger partial charge >= 0.3 is 0 Å². The number of nitrogen functional groups attached to an aromatic ring is 1. The van der Waals surface area contributed by atoms with Crippen molar-refractivity contribution in [3.63, 3.8) is 0 Å². The molecule has 1 atom stereocenters. The van der Waals surface area contributed by atoms with E-state index in [-0.39, 0.29) is 24.2 Å². The molecular formula is C25H29ClN4O2. The lowest BCUT2D eigenvalue weighted by atomic mass is 10.1. The molecular weight excluding hydrogens is 424 g/mol. The van der Waals surface area contributed by atoms with Crippen LogP contribution in [0.25, 0.3) is 10.9 Å². The molecule has 2 aromatic carbocycles. The summed E-state index contributed by atoms with van der Waals surface area (Å²) in [5, 5.41) is 3.78. The molecule has 1 fully saturated rings. The summed E-state index contributed by atoms with van der Waals surface area (Å²) < 4.78 is 0. The number of nitrogens with two attached hydrogens (primary N) is 1. The van der Waals surface area contributed by atoms with Crippen LogP contribution in [-0.2, 0) is 16.0 Å². The first-order valence-electron chi connectivity index (χ1n) is 10.8. The number of anilines is 2. The van der Waals surface area contributed by atoms with E-state index in [1.54, 1.807) is 4.90 Å². The first kappa shape index (κ1) is 23.5. The van der Waals surface area contributed by atoms with Crippen molar-refractivity contribution in [1.82, 2.24) is 9.88 Å². The topological polar surface area (TPSA) is 88.3 Å². The molecule has 7 heteroatoms. The number of halogens is 1. The summed E-state index contributed by atoms with van der Waals surface area (Å²) in [6.45, 7) is 2.53. The fourth-order valence-corrected chi connectivity index (χ4v) is 4.26. The molecule has 3 N–H and O–H groups in total. The lowest BCUT2D eigenvalue weighted by Gasteiger charge is -2.24. The Bertz CT molecular complexity index is 1100. The Morgan fingerprint density at radius 1 is 1.16 bits per heavy atom. The van der Waals surface area contributed by atoms with Crippen LogP contribution >= 0.6 is 12.4 Å². The molecule has 0 bridgehead atoms. The van der Waals surface area contributed by atoms with E-state index in [2.05, 4.69) is 22.4 Å². The number of rotatable bonds is 6. The molecule has 32 heavy (non-hydrogen) atoms. The maximum atomic E-state index is 12.9. The van der Waals surface area contributed by atoms with E-state index in [9.17, 15) is 9.59 Å². The highest BCUT2D eigenvalue weighted by molar-refractivity contribution is 6.00. The van der Waals surface area contributed by atoms with Crippen LogP contribution in [0, 0.1) is 6.92 Å². The van der Waals surface area contributed by atoms with Crippen LogP contribution in [0.5, 0.6) is 0 Å². The highest BCUT2D eigenvalue weighted by Crippen LogP contribution is 2.26. The zero-order valence-electron chi connectivity index (χ0n) is 18.2. The van der Waals surface area contributed by atoms with Gasteiger partial charge in [-0.25, -0.2) is 0 Å². The second kappa shape index (κ2) is 10.5. The third-order valence-corrected chi connectivity index (χ3v) is 5.81. The number of carbonyl (C=O) groups is 2. The minimum Gasteiger partial charge on any atom is -0.398 e. The van der Waals surface area contributed by atoms with E-state index in [1.807, 2.05) is 49.4 Å². The number of hydrogen-bond donors (Lipinski definition) is 2. The van der Waals surface area contributed by atoms with Crippen molar-refractivity contribution in [2.45, 2.75) is 45.1 Å². The zero-order valence-corrected chi connectivity index (χ0v) is 19.0. The number of carbonyl (C=O) groups excluding carboxylic acids is 2. The second-order valence-electron chi connectivity index (χ2n) is 8.16. The van der Waals surface area contributed by atoms with Gasteiger partial charge in [-0.1, -0.05) is 30.3 Å². The van der Waals surface area contributed by atoms with Crippen LogP contribution in [0.3, 0.4) is 0 Å². The molecule has 3 aromatic rings. The predicted molar refractivity (Wildman–Crippen MR) is 131 cm³/mol. The number of hydrogen-bond acceptors (Lipinski definition) is 4. The number of aromatic nitrogens is 1. The van der Waals surface area contributed by atoms with Gasteiger partial charge < -0.3 is 16.0 Å². The molecule has 0 unspecified atom stereocenters. The van der Waals surface area contributed by atoms with E-state index < -0.39 is 6.04 Å². The lowest BCUT2D eigenvalue weighted by Crippen LogP contribution is -2.43. The second-order valence-corrected chi connectivity index (χ2v) is 8.16. The van der Waals surface area contributed by atoms with Gasteiger partial charge in [0.1, 0.15) is 6.04 Å². The van der Waals surface area contributed by atoms with Gasteiger partial charge in [-0.2, -0.15) is 0 Å². The summed E-state index contributed by atoms with van der Waals surface area (Å²) in [4.78, 5) is 31.9. The SMILES string of the molecule is Cc1cc(N)c2cc(NC(=O)[C@@H]3CCCN3C(=O)CCCc3ccccc3)ccc2n1.Cl. The van der Waals surface area contributed by atoms with Gasteiger partial charge in [0, 0.05) is 35.4 Å². The first-order chi connectivity index (χ1) is 15.0. The Labute approximate surface area is 194 Å². The van der Waals surface area contributed by atoms with Crippen molar-refractivity contribution in [1.29, 1.82) is 0 Å². The van der Waals surface area contributed by atoms with Gasteiger partial charge in [-0.15, -0.1) is 12.4 Å². The Hall–Kier alpha value is -3.12. The van der Waals surface area contributed by atoms with Gasteiger partial charge in [0.25, 0.3) is 0 Å². The van der Waals surface area contributed by atoms with Crippen LogP contribution in [0.2, 0.25) is 0 Å². The molecule has 2 heterocycles. The van der Waals surface area contributed by atoms with Gasteiger partial charge in [-0.05, 0) is 62.4 Å². The number of benzene rings is 2. The molecule has 2 amide bonds. The summed E-state index contributed by atoms with van der Waals surface area (Å²) in [7, 11) is 0. The minimum atomic E-state index is -0.423. The van der Waals surface area contributed by atoms with Crippen LogP contribution < -0.4 is 11.1 Å². The largest absolute Gasteiger partial charge is 0.398 e. The molecule has 6 nitrogen and oxygen atoms in total. The summed E-state index contributed by atoms with van der Waals surface area (Å²) in [6.07, 6.45) is 3.63. The minimum absolute atomic E-state index is 0. The molecule has 1 saturated heterocycles. The lowest BCUT2D eigenvalue weighted by molar-refractivity contribution is -0.136. The summed E-state index contributed by atoms with van der Waals surface area (Å²) in [5.41, 5.74) is 10.3. The highest BCUT2D eigenvalue weighted by Gasteiger charge is 2.33. The van der Waals surface area contributed by atoms with Gasteiger partial charge in [0.2, 0.25) is 11.8 Å². The molecule has 0 saturated carbocycles. The van der Waals surface area contributed by atoms with E-state index in [0.717, 1.165) is 35.9 Å². The zero-order chi connectivity index (χ0) is 21.8. The van der Waals surface area contributed by atoms with Crippen LogP contribution in [-0.4, -0.2) is 34.3 Å². The van der Waals surface area contributed by atoms with Crippen LogP contribution in [0.1, 0.15) is 36.9 Å². The molecule has 1 aliphatic rings. The Balaban J connectivity index is 0.00000289. The number of nitrogens with zero attached hydrogens (tertiary/aromatic N) is 2. The molecule has 168 valence electrons. The molecule has 0 aliphatic carbocycles. The van der Waals surface area contributed by atoms with Crippen LogP contribution in [0.15, 0.2) is 54.6 Å². The third kappa shape index (κ3) is 5.37. The summed E-state index contributed by atoms with van der Waals surface area (Å²) >= 11 is 0. The van der Waals surface area contributed by atoms with Crippen molar-refractivity contribution >= 4 is 46.5 Å². The molecule has 1 aromatic heterocycles. The average molecular weight is 453 g/mol. The Morgan fingerprint density at radius 2 is 1.94 bits per heavy atom. The van der Waals surface area contributed by atoms with Gasteiger partial charge in [0.05, 0.1) is 5.52 Å².